The summed E-state index contributed by atoms with van der Waals surface area (Å²) in [5, 5.41) is 2.74. The van der Waals surface area contributed by atoms with Gasteiger partial charge < -0.3 is 0 Å². The predicted octanol–water partition coefficient (Wildman–Crippen LogP) is 1.53. The lowest BCUT2D eigenvalue weighted by Gasteiger charge is -2.16. The Bertz CT molecular complexity index is 800. The zero-order valence-electron chi connectivity index (χ0n) is 11.0. The number of halogens is 1. The third-order valence-corrected chi connectivity index (χ3v) is 4.02. The van der Waals surface area contributed by atoms with Gasteiger partial charge >= 0.3 is 0 Å². The molecule has 2 heterocycles. The average molecular weight is 350 g/mol. The van der Waals surface area contributed by atoms with Gasteiger partial charge in [0.15, 0.2) is 0 Å². The molecule has 0 aliphatic carbocycles. The Balaban J connectivity index is 2.12. The summed E-state index contributed by atoms with van der Waals surface area (Å²) in [5.41, 5.74) is 0.292. The van der Waals surface area contributed by atoms with Crippen molar-refractivity contribution >= 4 is 38.6 Å². The summed E-state index contributed by atoms with van der Waals surface area (Å²) in [6.45, 7) is 0. The van der Waals surface area contributed by atoms with E-state index < -0.39 is 11.9 Å². The third kappa shape index (κ3) is 2.61. The van der Waals surface area contributed by atoms with Crippen molar-refractivity contribution in [3.63, 3.8) is 0 Å². The van der Waals surface area contributed by atoms with Crippen LogP contribution in [0.2, 0.25) is 0 Å². The van der Waals surface area contributed by atoms with Gasteiger partial charge in [-0.05, 0) is 31.0 Å². The lowest BCUT2D eigenvalue weighted by molar-refractivity contribution is -0.131. The van der Waals surface area contributed by atoms with Crippen LogP contribution in [0.3, 0.4) is 0 Å². The van der Waals surface area contributed by atoms with Crippen molar-refractivity contribution in [3.8, 4) is 0 Å². The number of fused-ring (bicyclic) bond motifs is 1. The van der Waals surface area contributed by atoms with Crippen molar-refractivity contribution < 1.29 is 9.59 Å². The van der Waals surface area contributed by atoms with Gasteiger partial charge in [-0.3, -0.25) is 24.3 Å². The molecule has 1 aliphatic rings. The standard InChI is InChI=1S/C14H12BrN3O3/c15-8-4-5-10-9(6-8)14(21)18(7-16-10)11-2-1-3-12(19)17-13(11)20/h4-7,11H,1-3H2,(H,17,19,20). The second kappa shape index (κ2) is 5.40. The van der Waals surface area contributed by atoms with Crippen LogP contribution in [0.25, 0.3) is 10.9 Å². The minimum atomic E-state index is -0.695. The first-order valence-electron chi connectivity index (χ1n) is 6.56. The van der Waals surface area contributed by atoms with Crippen molar-refractivity contribution in [1.29, 1.82) is 0 Å². The molecule has 1 aliphatic heterocycles. The largest absolute Gasteiger partial charge is 0.295 e. The molecule has 2 aromatic rings. The molecular weight excluding hydrogens is 338 g/mol. The number of benzene rings is 1. The molecule has 108 valence electrons. The zero-order valence-corrected chi connectivity index (χ0v) is 12.6. The molecule has 1 N–H and O–H groups in total. The van der Waals surface area contributed by atoms with Crippen LogP contribution in [0, 0.1) is 0 Å². The summed E-state index contributed by atoms with van der Waals surface area (Å²) in [6.07, 6.45) is 2.67. The van der Waals surface area contributed by atoms with E-state index in [1.54, 1.807) is 18.2 Å². The minimum Gasteiger partial charge on any atom is -0.295 e. The number of nitrogens with zero attached hydrogens (tertiary/aromatic N) is 2. The molecule has 3 rings (SSSR count). The molecule has 0 radical (unpaired) electrons. The summed E-state index contributed by atoms with van der Waals surface area (Å²) in [6, 6.07) is 4.53. The fraction of sp³-hybridized carbons (Fsp3) is 0.286. The Hall–Kier alpha value is -2.02. The van der Waals surface area contributed by atoms with Gasteiger partial charge in [0.25, 0.3) is 5.56 Å². The molecule has 6 nitrogen and oxygen atoms in total. The van der Waals surface area contributed by atoms with Crippen LogP contribution < -0.4 is 10.9 Å². The van der Waals surface area contributed by atoms with Gasteiger partial charge in [0, 0.05) is 10.9 Å². The van der Waals surface area contributed by atoms with E-state index in [9.17, 15) is 14.4 Å². The van der Waals surface area contributed by atoms with Crippen molar-refractivity contribution in [1.82, 2.24) is 14.9 Å². The number of nitrogens with one attached hydrogen (secondary N) is 1. The van der Waals surface area contributed by atoms with Crippen molar-refractivity contribution in [2.75, 3.05) is 0 Å². The molecular formula is C14H12BrN3O3. The smallest absolute Gasteiger partial charge is 0.261 e. The summed E-state index contributed by atoms with van der Waals surface area (Å²) >= 11 is 3.32. The topological polar surface area (TPSA) is 81.1 Å². The number of carbonyl (C=O) groups is 2. The van der Waals surface area contributed by atoms with E-state index in [1.807, 2.05) is 0 Å². The third-order valence-electron chi connectivity index (χ3n) is 3.53. The van der Waals surface area contributed by atoms with E-state index in [4.69, 9.17) is 0 Å². The van der Waals surface area contributed by atoms with E-state index in [1.165, 1.54) is 10.9 Å². The molecule has 21 heavy (non-hydrogen) atoms. The highest BCUT2D eigenvalue weighted by molar-refractivity contribution is 9.10. The highest BCUT2D eigenvalue weighted by atomic mass is 79.9. The summed E-state index contributed by atoms with van der Waals surface area (Å²) in [5.74, 6) is -0.747. The second-order valence-electron chi connectivity index (χ2n) is 4.94. The van der Waals surface area contributed by atoms with E-state index in [0.29, 0.717) is 30.2 Å². The first kappa shape index (κ1) is 13.9. The van der Waals surface area contributed by atoms with Crippen LogP contribution in [0.1, 0.15) is 25.3 Å². The molecule has 1 fully saturated rings. The number of carbonyl (C=O) groups excluding carboxylic acids is 2. The van der Waals surface area contributed by atoms with E-state index in [-0.39, 0.29) is 11.5 Å². The Morgan fingerprint density at radius 2 is 2.10 bits per heavy atom. The number of imide groups is 1. The molecule has 0 bridgehead atoms. The summed E-state index contributed by atoms with van der Waals surface area (Å²) in [7, 11) is 0. The van der Waals surface area contributed by atoms with Crippen LogP contribution >= 0.6 is 15.9 Å². The first-order chi connectivity index (χ1) is 10.1. The molecule has 1 saturated heterocycles. The van der Waals surface area contributed by atoms with Crippen LogP contribution in [0.15, 0.2) is 33.8 Å². The molecule has 1 atom stereocenters. The normalized spacial score (nSPS) is 19.4. The van der Waals surface area contributed by atoms with Crippen LogP contribution in [-0.4, -0.2) is 21.4 Å². The van der Waals surface area contributed by atoms with E-state index in [0.717, 1.165) is 4.47 Å². The number of hydrogen-bond acceptors (Lipinski definition) is 4. The molecule has 1 unspecified atom stereocenters. The molecule has 1 aromatic carbocycles. The number of hydrogen-bond donors (Lipinski definition) is 1. The van der Waals surface area contributed by atoms with E-state index in [2.05, 4.69) is 26.2 Å². The highest BCUT2D eigenvalue weighted by Crippen LogP contribution is 2.19. The van der Waals surface area contributed by atoms with E-state index >= 15 is 0 Å². The Kier molecular flexibility index (Phi) is 3.59. The van der Waals surface area contributed by atoms with Gasteiger partial charge in [-0.1, -0.05) is 15.9 Å². The molecule has 0 saturated carbocycles. The van der Waals surface area contributed by atoms with Gasteiger partial charge in [0.2, 0.25) is 11.8 Å². The minimum absolute atomic E-state index is 0.282. The van der Waals surface area contributed by atoms with Crippen molar-refractivity contribution in [3.05, 3.63) is 39.4 Å². The van der Waals surface area contributed by atoms with Gasteiger partial charge in [-0.15, -0.1) is 0 Å². The second-order valence-corrected chi connectivity index (χ2v) is 5.85. The number of aromatic nitrogens is 2. The fourth-order valence-corrected chi connectivity index (χ4v) is 2.83. The Labute approximate surface area is 128 Å². The highest BCUT2D eigenvalue weighted by Gasteiger charge is 2.26. The SMILES string of the molecule is O=C1CCCC(n2cnc3ccc(Br)cc3c2=O)C(=O)N1. The Morgan fingerprint density at radius 3 is 2.90 bits per heavy atom. The fourth-order valence-electron chi connectivity index (χ4n) is 2.47. The Morgan fingerprint density at radius 1 is 1.29 bits per heavy atom. The van der Waals surface area contributed by atoms with Crippen LogP contribution in [0.4, 0.5) is 0 Å². The van der Waals surface area contributed by atoms with Crippen molar-refractivity contribution in [2.24, 2.45) is 0 Å². The maximum absolute atomic E-state index is 12.6. The molecule has 7 heteroatoms. The van der Waals surface area contributed by atoms with Crippen LogP contribution in [-0.2, 0) is 9.59 Å². The van der Waals surface area contributed by atoms with Crippen molar-refractivity contribution in [2.45, 2.75) is 25.3 Å². The zero-order chi connectivity index (χ0) is 15.0. The van der Waals surface area contributed by atoms with Gasteiger partial charge in [0.05, 0.1) is 17.2 Å². The van der Waals surface area contributed by atoms with Gasteiger partial charge in [-0.25, -0.2) is 4.98 Å². The predicted molar refractivity (Wildman–Crippen MR) is 79.7 cm³/mol. The van der Waals surface area contributed by atoms with Crippen LogP contribution in [0.5, 0.6) is 0 Å². The van der Waals surface area contributed by atoms with Gasteiger partial charge in [0.1, 0.15) is 6.04 Å². The van der Waals surface area contributed by atoms with Gasteiger partial charge in [-0.2, -0.15) is 0 Å². The summed E-state index contributed by atoms with van der Waals surface area (Å²) < 4.78 is 2.08. The summed E-state index contributed by atoms with van der Waals surface area (Å²) in [4.78, 5) is 40.2. The molecule has 1 aromatic heterocycles. The number of rotatable bonds is 1. The quantitative estimate of drug-likeness (QED) is 0.791. The maximum Gasteiger partial charge on any atom is 0.261 e. The lowest BCUT2D eigenvalue weighted by atomic mass is 10.1. The molecule has 2 amide bonds. The number of amides is 2. The monoisotopic (exact) mass is 349 g/mol. The maximum atomic E-state index is 12.6. The lowest BCUT2D eigenvalue weighted by Crippen LogP contribution is -2.38. The first-order valence-corrected chi connectivity index (χ1v) is 7.35. The average Bonchev–Trinajstić information content (AvgIpc) is 2.61. The molecule has 0 spiro atoms.